The van der Waals surface area contributed by atoms with E-state index in [1.807, 2.05) is 0 Å². The van der Waals surface area contributed by atoms with Crippen molar-refractivity contribution in [3.8, 4) is 0 Å². The number of carbonyl (C=O) groups is 1. The van der Waals surface area contributed by atoms with Gasteiger partial charge < -0.3 is 5.32 Å². The predicted octanol–water partition coefficient (Wildman–Crippen LogP) is 1.05. The molecular weight excluding hydrogens is 340 g/mol. The van der Waals surface area contributed by atoms with E-state index in [1.54, 1.807) is 0 Å². The Kier molecular flexibility index (Phi) is 6.34. The van der Waals surface area contributed by atoms with Gasteiger partial charge in [-0.15, -0.1) is 0 Å². The molecule has 7 nitrogen and oxygen atoms in total. The van der Waals surface area contributed by atoms with Crippen molar-refractivity contribution in [3.05, 3.63) is 0 Å². The Morgan fingerprint density at radius 1 is 1.11 bits per heavy atom. The van der Waals surface area contributed by atoms with Crippen LogP contribution in [0.15, 0.2) is 0 Å². The van der Waals surface area contributed by atoms with Gasteiger partial charge in [-0.05, 0) is 51.0 Å². The molecule has 4 fully saturated rings. The fourth-order valence-corrected chi connectivity index (χ4v) is 5.76. The fraction of sp³-hybridized carbons (Fsp3) is 0.950. The Labute approximate surface area is 163 Å². The summed E-state index contributed by atoms with van der Waals surface area (Å²) in [5, 5.41) is 3.40. The predicted molar refractivity (Wildman–Crippen MR) is 106 cm³/mol. The van der Waals surface area contributed by atoms with Gasteiger partial charge in [0.15, 0.2) is 0 Å². The first-order valence-electron chi connectivity index (χ1n) is 11.1. The molecule has 2 saturated heterocycles. The van der Waals surface area contributed by atoms with E-state index in [0.717, 1.165) is 25.9 Å². The SMILES string of the molecule is C[C@H](CC1NNCN1C)C1CCCC(NC(=O)C2NNC3CCCCC32)C1. The zero-order chi connectivity index (χ0) is 18.8. The van der Waals surface area contributed by atoms with Crippen LogP contribution in [-0.4, -0.2) is 48.8 Å². The van der Waals surface area contributed by atoms with Crippen molar-refractivity contribution >= 4 is 5.91 Å². The number of hydrazine groups is 2. The Morgan fingerprint density at radius 2 is 1.96 bits per heavy atom. The van der Waals surface area contributed by atoms with E-state index in [2.05, 4.69) is 45.9 Å². The van der Waals surface area contributed by atoms with Gasteiger partial charge in [0.2, 0.25) is 5.91 Å². The lowest BCUT2D eigenvalue weighted by molar-refractivity contribution is -0.125. The van der Waals surface area contributed by atoms with Gasteiger partial charge in [-0.25, -0.2) is 16.3 Å². The molecule has 1 amide bonds. The summed E-state index contributed by atoms with van der Waals surface area (Å²) in [4.78, 5) is 15.3. The monoisotopic (exact) mass is 378 g/mol. The van der Waals surface area contributed by atoms with E-state index in [0.29, 0.717) is 36.0 Å². The number of amides is 1. The summed E-state index contributed by atoms with van der Waals surface area (Å²) in [6.07, 6.45) is 11.3. The molecule has 2 saturated carbocycles. The summed E-state index contributed by atoms with van der Waals surface area (Å²) in [5.41, 5.74) is 13.3. The molecular formula is C20H38N6O. The largest absolute Gasteiger partial charge is 0.352 e. The van der Waals surface area contributed by atoms with Gasteiger partial charge in [-0.1, -0.05) is 32.6 Å². The minimum Gasteiger partial charge on any atom is -0.352 e. The Morgan fingerprint density at radius 3 is 2.78 bits per heavy atom. The minimum absolute atomic E-state index is 0.0458. The third-order valence-electron chi connectivity index (χ3n) is 7.54. The lowest BCUT2D eigenvalue weighted by Crippen LogP contribution is -2.50. The molecule has 0 spiro atoms. The fourth-order valence-electron chi connectivity index (χ4n) is 5.76. The molecule has 7 heteroatoms. The molecule has 0 radical (unpaired) electrons. The number of hydrogen-bond donors (Lipinski definition) is 5. The minimum atomic E-state index is -0.0458. The van der Waals surface area contributed by atoms with Crippen LogP contribution in [0.4, 0.5) is 0 Å². The average molecular weight is 379 g/mol. The smallest absolute Gasteiger partial charge is 0.239 e. The maximum Gasteiger partial charge on any atom is 0.239 e. The highest BCUT2D eigenvalue weighted by Gasteiger charge is 2.41. The summed E-state index contributed by atoms with van der Waals surface area (Å²) < 4.78 is 0. The topological polar surface area (TPSA) is 80.5 Å². The first-order valence-corrected chi connectivity index (χ1v) is 11.1. The molecule has 2 aliphatic carbocycles. The van der Waals surface area contributed by atoms with Crippen LogP contribution in [0.25, 0.3) is 0 Å². The lowest BCUT2D eigenvalue weighted by Gasteiger charge is -2.36. The standard InChI is InChI=1S/C20H38N6O/c1-13(10-18-24-21-12-26(18)2)14-6-5-7-15(11-14)22-20(27)19-16-8-3-4-9-17(16)23-25-19/h13-19,21,23-25H,3-12H2,1-2H3,(H,22,27)/t13-,14?,15?,16?,17?,18?,19?/m1/s1. The zero-order valence-electron chi connectivity index (χ0n) is 17.0. The highest BCUT2D eigenvalue weighted by atomic mass is 16.2. The van der Waals surface area contributed by atoms with Crippen LogP contribution in [0.1, 0.15) is 64.7 Å². The van der Waals surface area contributed by atoms with Crippen molar-refractivity contribution in [3.63, 3.8) is 0 Å². The van der Waals surface area contributed by atoms with Crippen LogP contribution in [0, 0.1) is 17.8 Å². The zero-order valence-corrected chi connectivity index (χ0v) is 17.0. The number of nitrogens with one attached hydrogen (secondary N) is 5. The van der Waals surface area contributed by atoms with Crippen LogP contribution in [0.2, 0.25) is 0 Å². The van der Waals surface area contributed by atoms with Crippen molar-refractivity contribution in [1.82, 2.24) is 31.9 Å². The van der Waals surface area contributed by atoms with Gasteiger partial charge in [0.1, 0.15) is 6.04 Å². The lowest BCUT2D eigenvalue weighted by atomic mass is 9.76. The molecule has 7 atom stereocenters. The van der Waals surface area contributed by atoms with E-state index < -0.39 is 0 Å². The van der Waals surface area contributed by atoms with Crippen molar-refractivity contribution in [2.45, 2.75) is 89.0 Å². The van der Waals surface area contributed by atoms with E-state index in [9.17, 15) is 4.79 Å². The number of hydrogen-bond acceptors (Lipinski definition) is 6. The van der Waals surface area contributed by atoms with Gasteiger partial charge in [0, 0.05) is 18.0 Å². The molecule has 6 unspecified atom stereocenters. The van der Waals surface area contributed by atoms with Crippen LogP contribution < -0.4 is 27.0 Å². The Hall–Kier alpha value is -0.730. The van der Waals surface area contributed by atoms with Gasteiger partial charge in [-0.3, -0.25) is 15.1 Å². The van der Waals surface area contributed by atoms with Crippen LogP contribution >= 0.6 is 0 Å². The van der Waals surface area contributed by atoms with Gasteiger partial charge in [-0.2, -0.15) is 0 Å². The number of rotatable bonds is 5. The van der Waals surface area contributed by atoms with Gasteiger partial charge in [0.05, 0.1) is 12.8 Å². The summed E-state index contributed by atoms with van der Waals surface area (Å²) >= 11 is 0. The normalized spacial score (nSPS) is 41.3. The molecule has 0 aromatic carbocycles. The molecule has 27 heavy (non-hydrogen) atoms. The highest BCUT2D eigenvalue weighted by Crippen LogP contribution is 2.34. The molecule has 5 N–H and O–H groups in total. The maximum atomic E-state index is 12.9. The molecule has 4 aliphatic rings. The van der Waals surface area contributed by atoms with Crippen molar-refractivity contribution in [2.24, 2.45) is 17.8 Å². The number of nitrogens with zero attached hydrogens (tertiary/aromatic N) is 1. The average Bonchev–Trinajstić information content (AvgIpc) is 3.28. The second-order valence-electron chi connectivity index (χ2n) is 9.42. The molecule has 0 aromatic rings. The van der Waals surface area contributed by atoms with Crippen LogP contribution in [-0.2, 0) is 4.79 Å². The van der Waals surface area contributed by atoms with Gasteiger partial charge in [0.25, 0.3) is 0 Å². The maximum absolute atomic E-state index is 12.9. The number of fused-ring (bicyclic) bond motifs is 1. The molecule has 154 valence electrons. The third kappa shape index (κ3) is 4.48. The molecule has 0 bridgehead atoms. The quantitative estimate of drug-likeness (QED) is 0.492. The van der Waals surface area contributed by atoms with Crippen molar-refractivity contribution in [1.29, 1.82) is 0 Å². The summed E-state index contributed by atoms with van der Waals surface area (Å²) in [6, 6.07) is 0.782. The first-order chi connectivity index (χ1) is 13.1. The van der Waals surface area contributed by atoms with E-state index >= 15 is 0 Å². The van der Waals surface area contributed by atoms with Crippen LogP contribution in [0.3, 0.4) is 0 Å². The Bertz CT molecular complexity index is 517. The van der Waals surface area contributed by atoms with Crippen molar-refractivity contribution < 1.29 is 4.79 Å². The van der Waals surface area contributed by atoms with Crippen LogP contribution in [0.5, 0.6) is 0 Å². The number of carbonyl (C=O) groups excluding carboxylic acids is 1. The summed E-state index contributed by atoms with van der Waals surface area (Å²) in [5.74, 6) is 2.06. The van der Waals surface area contributed by atoms with E-state index in [-0.39, 0.29) is 11.9 Å². The highest BCUT2D eigenvalue weighted by molar-refractivity contribution is 5.82. The van der Waals surface area contributed by atoms with E-state index in [1.165, 1.54) is 38.5 Å². The summed E-state index contributed by atoms with van der Waals surface area (Å²) in [6.45, 7) is 3.29. The van der Waals surface area contributed by atoms with Gasteiger partial charge >= 0.3 is 0 Å². The second-order valence-corrected chi connectivity index (χ2v) is 9.42. The summed E-state index contributed by atoms with van der Waals surface area (Å²) in [7, 11) is 2.16. The molecule has 2 aliphatic heterocycles. The first kappa shape index (κ1) is 19.6. The molecule has 4 rings (SSSR count). The van der Waals surface area contributed by atoms with E-state index in [4.69, 9.17) is 0 Å². The van der Waals surface area contributed by atoms with Crippen molar-refractivity contribution in [2.75, 3.05) is 13.7 Å². The third-order valence-corrected chi connectivity index (χ3v) is 7.54. The molecule has 0 aromatic heterocycles. The molecule has 2 heterocycles. The Balaban J connectivity index is 1.27. The second kappa shape index (κ2) is 8.74.